The van der Waals surface area contributed by atoms with Crippen LogP contribution in [-0.4, -0.2) is 32.8 Å². The van der Waals surface area contributed by atoms with Crippen LogP contribution in [0.3, 0.4) is 0 Å². The molecule has 0 aliphatic heterocycles. The van der Waals surface area contributed by atoms with Gasteiger partial charge in [0.25, 0.3) is 0 Å². The molecule has 1 aliphatic carbocycles. The second-order valence-corrected chi connectivity index (χ2v) is 5.75. The lowest BCUT2D eigenvalue weighted by atomic mass is 10.0. The Bertz CT molecular complexity index is 272. The van der Waals surface area contributed by atoms with Crippen LogP contribution in [-0.2, 0) is 4.74 Å². The van der Waals surface area contributed by atoms with Crippen molar-refractivity contribution in [1.29, 1.82) is 0 Å². The van der Waals surface area contributed by atoms with E-state index in [1.165, 1.54) is 0 Å². The van der Waals surface area contributed by atoms with E-state index in [2.05, 4.69) is 43.4 Å². The number of methoxy groups -OCH3 is 1. The van der Waals surface area contributed by atoms with Gasteiger partial charge in [-0.15, -0.1) is 0 Å². The highest BCUT2D eigenvalue weighted by Crippen LogP contribution is 2.68. The molecule has 0 radical (unpaired) electrons. The minimum absolute atomic E-state index is 0.364. The van der Waals surface area contributed by atoms with E-state index in [0.717, 1.165) is 6.54 Å². The summed E-state index contributed by atoms with van der Waals surface area (Å²) in [4.78, 5) is 4.48. The zero-order valence-corrected chi connectivity index (χ0v) is 11.6. The number of nitrogens with two attached hydrogens (primary N) is 1. The molecule has 4 N–H and O–H groups in total. The van der Waals surface area contributed by atoms with E-state index in [0.29, 0.717) is 35.9 Å². The summed E-state index contributed by atoms with van der Waals surface area (Å²) in [5, 5.41) is 3.10. The molecule has 1 fully saturated rings. The summed E-state index contributed by atoms with van der Waals surface area (Å²) in [5.41, 5.74) is 3.31. The van der Waals surface area contributed by atoms with E-state index in [4.69, 9.17) is 10.6 Å². The van der Waals surface area contributed by atoms with Crippen molar-refractivity contribution in [2.24, 2.45) is 27.6 Å². The summed E-state index contributed by atoms with van der Waals surface area (Å²) in [5.74, 6) is 6.67. The summed E-state index contributed by atoms with van der Waals surface area (Å²) >= 11 is 0. The molecule has 100 valence electrons. The highest BCUT2D eigenvalue weighted by atomic mass is 16.5. The van der Waals surface area contributed by atoms with Gasteiger partial charge in [-0.25, -0.2) is 5.84 Å². The second-order valence-electron chi connectivity index (χ2n) is 5.75. The van der Waals surface area contributed by atoms with Crippen LogP contribution in [0.1, 0.15) is 27.7 Å². The van der Waals surface area contributed by atoms with Crippen LogP contribution < -0.4 is 16.6 Å². The first kappa shape index (κ1) is 14.3. The average Bonchev–Trinajstić information content (AvgIpc) is 2.64. The molecule has 1 saturated carbocycles. The molecule has 0 aromatic carbocycles. The fourth-order valence-corrected chi connectivity index (χ4v) is 2.40. The van der Waals surface area contributed by atoms with Crippen molar-refractivity contribution in [2.45, 2.75) is 27.7 Å². The van der Waals surface area contributed by atoms with Gasteiger partial charge in [-0.2, -0.15) is 0 Å². The maximum absolute atomic E-state index is 5.41. The lowest BCUT2D eigenvalue weighted by molar-refractivity contribution is 0.203. The van der Waals surface area contributed by atoms with Gasteiger partial charge in [0.15, 0.2) is 0 Å². The Morgan fingerprint density at radius 3 is 2.29 bits per heavy atom. The highest BCUT2D eigenvalue weighted by molar-refractivity contribution is 5.79. The van der Waals surface area contributed by atoms with Crippen LogP contribution in [0, 0.1) is 16.7 Å². The second kappa shape index (κ2) is 5.23. The summed E-state index contributed by atoms with van der Waals surface area (Å²) in [6, 6.07) is 0. The van der Waals surface area contributed by atoms with Crippen LogP contribution in [0.2, 0.25) is 0 Å². The average molecular weight is 242 g/mol. The monoisotopic (exact) mass is 242 g/mol. The predicted molar refractivity (Wildman–Crippen MR) is 70.6 cm³/mol. The molecule has 0 aromatic rings. The summed E-state index contributed by atoms with van der Waals surface area (Å²) in [7, 11) is 1.67. The van der Waals surface area contributed by atoms with Gasteiger partial charge in [0.2, 0.25) is 5.96 Å². The minimum atomic E-state index is 0.364. The maximum Gasteiger partial charge on any atom is 0.205 e. The molecular weight excluding hydrogens is 216 g/mol. The molecule has 0 unspecified atom stereocenters. The maximum atomic E-state index is 5.41. The molecule has 0 heterocycles. The highest BCUT2D eigenvalue weighted by Gasteiger charge is 2.64. The zero-order chi connectivity index (χ0) is 13.1. The number of guanidine groups is 1. The summed E-state index contributed by atoms with van der Waals surface area (Å²) in [6.45, 7) is 11.3. The lowest BCUT2D eigenvalue weighted by Crippen LogP contribution is -2.43. The van der Waals surface area contributed by atoms with Crippen molar-refractivity contribution < 1.29 is 4.74 Å². The Balaban J connectivity index is 2.41. The number of hydrogen-bond acceptors (Lipinski definition) is 3. The Hall–Kier alpha value is -0.810. The third-order valence-electron chi connectivity index (χ3n) is 4.49. The van der Waals surface area contributed by atoms with E-state index in [1.807, 2.05) is 0 Å². The first-order chi connectivity index (χ1) is 7.87. The number of nitrogens with one attached hydrogen (secondary N) is 2. The van der Waals surface area contributed by atoms with E-state index in [-0.39, 0.29) is 0 Å². The molecule has 0 atom stereocenters. The lowest BCUT2D eigenvalue weighted by Gasteiger charge is -2.08. The number of rotatable bonds is 5. The zero-order valence-electron chi connectivity index (χ0n) is 11.6. The van der Waals surface area contributed by atoms with Crippen LogP contribution >= 0.6 is 0 Å². The van der Waals surface area contributed by atoms with Gasteiger partial charge in [0.05, 0.1) is 6.61 Å². The third-order valence-corrected chi connectivity index (χ3v) is 4.49. The molecule has 5 heteroatoms. The van der Waals surface area contributed by atoms with Gasteiger partial charge in [-0.1, -0.05) is 27.7 Å². The first-order valence-electron chi connectivity index (χ1n) is 6.11. The first-order valence-corrected chi connectivity index (χ1v) is 6.11. The number of hydrogen-bond donors (Lipinski definition) is 3. The number of ether oxygens (including phenoxy) is 1. The van der Waals surface area contributed by atoms with Crippen molar-refractivity contribution >= 4 is 5.96 Å². The molecule has 1 rings (SSSR count). The van der Waals surface area contributed by atoms with Gasteiger partial charge in [-0.05, 0) is 16.7 Å². The van der Waals surface area contributed by atoms with E-state index < -0.39 is 0 Å². The Morgan fingerprint density at radius 2 is 1.88 bits per heavy atom. The van der Waals surface area contributed by atoms with Gasteiger partial charge >= 0.3 is 0 Å². The third kappa shape index (κ3) is 2.90. The summed E-state index contributed by atoms with van der Waals surface area (Å²) < 4.78 is 4.95. The van der Waals surface area contributed by atoms with E-state index >= 15 is 0 Å². The van der Waals surface area contributed by atoms with Gasteiger partial charge in [-0.3, -0.25) is 10.4 Å². The largest absolute Gasteiger partial charge is 0.383 e. The smallest absolute Gasteiger partial charge is 0.205 e. The Labute approximate surface area is 104 Å². The molecule has 0 aromatic heterocycles. The quantitative estimate of drug-likeness (QED) is 0.218. The van der Waals surface area contributed by atoms with Crippen molar-refractivity contribution in [3.63, 3.8) is 0 Å². The SMILES string of the molecule is COCCNC(=NCC1C(C)(C)C1(C)C)NN. The minimum Gasteiger partial charge on any atom is -0.383 e. The fourth-order valence-electron chi connectivity index (χ4n) is 2.40. The van der Waals surface area contributed by atoms with Gasteiger partial charge in [0.1, 0.15) is 0 Å². The van der Waals surface area contributed by atoms with Crippen LogP contribution in [0.5, 0.6) is 0 Å². The van der Waals surface area contributed by atoms with Crippen molar-refractivity contribution in [3.05, 3.63) is 0 Å². The molecule has 0 spiro atoms. The van der Waals surface area contributed by atoms with E-state index in [9.17, 15) is 0 Å². The van der Waals surface area contributed by atoms with E-state index in [1.54, 1.807) is 7.11 Å². The molecule has 0 saturated heterocycles. The predicted octanol–water partition coefficient (Wildman–Crippen LogP) is 0.724. The van der Waals surface area contributed by atoms with Crippen LogP contribution in [0.4, 0.5) is 0 Å². The molecule has 0 bridgehead atoms. The van der Waals surface area contributed by atoms with Crippen molar-refractivity contribution in [1.82, 2.24) is 10.7 Å². The number of hydrazine groups is 1. The number of nitrogens with zero attached hydrogens (tertiary/aromatic N) is 1. The molecular formula is C12H26N4O. The topological polar surface area (TPSA) is 71.7 Å². The van der Waals surface area contributed by atoms with Crippen molar-refractivity contribution in [3.8, 4) is 0 Å². The Morgan fingerprint density at radius 1 is 1.29 bits per heavy atom. The number of aliphatic imine (C=N–C) groups is 1. The fraction of sp³-hybridized carbons (Fsp3) is 0.917. The molecule has 1 aliphatic rings. The van der Waals surface area contributed by atoms with Crippen LogP contribution in [0.25, 0.3) is 0 Å². The normalized spacial score (nSPS) is 22.4. The van der Waals surface area contributed by atoms with Gasteiger partial charge in [0, 0.05) is 20.2 Å². The summed E-state index contributed by atoms with van der Waals surface area (Å²) in [6.07, 6.45) is 0. The Kier molecular flexibility index (Phi) is 4.38. The molecule has 0 amide bonds. The van der Waals surface area contributed by atoms with Crippen LogP contribution in [0.15, 0.2) is 4.99 Å². The molecule has 17 heavy (non-hydrogen) atoms. The van der Waals surface area contributed by atoms with Crippen molar-refractivity contribution in [2.75, 3.05) is 26.8 Å². The molecule has 5 nitrogen and oxygen atoms in total. The standard InChI is InChI=1S/C12H26N4O/c1-11(2)9(12(11,3)4)8-15-10(16-13)14-6-7-17-5/h9H,6-8,13H2,1-5H3,(H2,14,15,16). The van der Waals surface area contributed by atoms with Gasteiger partial charge < -0.3 is 10.1 Å².